The average Bonchev–Trinajstić information content (AvgIpc) is 3.40. The van der Waals surface area contributed by atoms with Gasteiger partial charge in [-0.25, -0.2) is 0 Å². The summed E-state index contributed by atoms with van der Waals surface area (Å²) in [5.74, 6) is 1.13. The molecule has 4 aliphatic rings. The lowest BCUT2D eigenvalue weighted by Gasteiger charge is -2.61. The number of allylic oxidation sites excluding steroid dienone is 1. The van der Waals surface area contributed by atoms with E-state index in [0.29, 0.717) is 24.2 Å². The fourth-order valence-electron chi connectivity index (χ4n) is 10.4. The van der Waals surface area contributed by atoms with Gasteiger partial charge >= 0.3 is 5.97 Å². The largest absolute Gasteiger partial charge is 0.481 e. The number of aliphatic carboxylic acids is 1. The molecule has 4 fully saturated rings. The zero-order chi connectivity index (χ0) is 25.9. The third-order valence-corrected chi connectivity index (χ3v) is 12.4. The van der Waals surface area contributed by atoms with Crippen LogP contribution < -0.4 is 0 Å². The maximum Gasteiger partial charge on any atom is 0.303 e. The Morgan fingerprint density at radius 1 is 1.11 bits per heavy atom. The second-order valence-electron chi connectivity index (χ2n) is 13.8. The van der Waals surface area contributed by atoms with Crippen LogP contribution in [-0.2, 0) is 4.79 Å². The van der Waals surface area contributed by atoms with E-state index in [9.17, 15) is 25.2 Å². The normalized spacial score (nSPS) is 45.1. The van der Waals surface area contributed by atoms with E-state index in [1.54, 1.807) is 6.92 Å². The first-order valence-electron chi connectivity index (χ1n) is 14.1. The molecular weight excluding hydrogens is 440 g/mol. The first-order chi connectivity index (χ1) is 16.3. The van der Waals surface area contributed by atoms with Crippen molar-refractivity contribution in [3.05, 3.63) is 11.6 Å². The van der Waals surface area contributed by atoms with Crippen LogP contribution in [0.4, 0.5) is 0 Å². The number of fused-ring (bicyclic) bond motifs is 2. The number of hydrogen-bond donors (Lipinski definition) is 4. The van der Waals surface area contributed by atoms with Gasteiger partial charge in [0.2, 0.25) is 0 Å². The lowest BCUT2D eigenvalue weighted by atomic mass is 9.43. The number of aliphatic hydroxyl groups is 3. The zero-order valence-electron chi connectivity index (χ0n) is 22.8. The molecule has 0 saturated heterocycles. The molecule has 0 amide bonds. The quantitative estimate of drug-likeness (QED) is 0.300. The Balaban J connectivity index is 1.60. The molecule has 9 atom stereocenters. The monoisotopic (exact) mass is 490 g/mol. The van der Waals surface area contributed by atoms with Crippen molar-refractivity contribution >= 4 is 5.97 Å². The zero-order valence-corrected chi connectivity index (χ0v) is 22.8. The summed E-state index contributed by atoms with van der Waals surface area (Å²) in [5, 5.41) is 40.1. The smallest absolute Gasteiger partial charge is 0.303 e. The van der Waals surface area contributed by atoms with Crippen molar-refractivity contribution in [3.63, 3.8) is 0 Å². The van der Waals surface area contributed by atoms with Crippen molar-refractivity contribution in [2.24, 2.45) is 45.3 Å². The van der Waals surface area contributed by atoms with Gasteiger partial charge in [-0.3, -0.25) is 4.79 Å². The van der Waals surface area contributed by atoms with Crippen LogP contribution in [0.25, 0.3) is 0 Å². The predicted octanol–water partition coefficient (Wildman–Crippen LogP) is 5.57. The van der Waals surface area contributed by atoms with E-state index in [1.165, 1.54) is 19.3 Å². The second-order valence-corrected chi connectivity index (χ2v) is 13.8. The van der Waals surface area contributed by atoms with Gasteiger partial charge in [-0.1, -0.05) is 32.4 Å². The van der Waals surface area contributed by atoms with Gasteiger partial charge in [-0.05, 0) is 123 Å². The Labute approximate surface area is 212 Å². The first-order valence-corrected chi connectivity index (χ1v) is 14.1. The van der Waals surface area contributed by atoms with Crippen molar-refractivity contribution in [1.29, 1.82) is 0 Å². The van der Waals surface area contributed by atoms with E-state index >= 15 is 0 Å². The molecule has 4 N–H and O–H groups in total. The van der Waals surface area contributed by atoms with Crippen molar-refractivity contribution in [1.82, 2.24) is 0 Å². The molecule has 4 aliphatic carbocycles. The molecule has 5 nitrogen and oxygen atoms in total. The second kappa shape index (κ2) is 9.13. The fraction of sp³-hybridized carbons (Fsp3) is 0.900. The minimum Gasteiger partial charge on any atom is -0.481 e. The van der Waals surface area contributed by atoms with Gasteiger partial charge in [0.05, 0.1) is 18.8 Å². The molecule has 9 unspecified atom stereocenters. The predicted molar refractivity (Wildman–Crippen MR) is 138 cm³/mol. The SMILES string of the molecule is CC(=CCCC(C)C1CCC2(C)C3CCC(C(C)(O)CO)C4(CCC(=O)O)CC34CCC12C)CO. The van der Waals surface area contributed by atoms with Crippen LogP contribution in [0.2, 0.25) is 0 Å². The summed E-state index contributed by atoms with van der Waals surface area (Å²) >= 11 is 0. The molecule has 35 heavy (non-hydrogen) atoms. The van der Waals surface area contributed by atoms with Gasteiger partial charge < -0.3 is 20.4 Å². The van der Waals surface area contributed by atoms with Crippen molar-refractivity contribution in [2.45, 2.75) is 111 Å². The Morgan fingerprint density at radius 3 is 2.46 bits per heavy atom. The van der Waals surface area contributed by atoms with Crippen LogP contribution in [0, 0.1) is 45.3 Å². The molecule has 5 heteroatoms. The molecule has 0 aromatic heterocycles. The summed E-state index contributed by atoms with van der Waals surface area (Å²) in [6.45, 7) is 11.2. The van der Waals surface area contributed by atoms with Gasteiger partial charge in [0, 0.05) is 6.42 Å². The molecule has 1 spiro atoms. The minimum atomic E-state index is -1.15. The summed E-state index contributed by atoms with van der Waals surface area (Å²) in [5.41, 5.74) is 0.398. The summed E-state index contributed by atoms with van der Waals surface area (Å²) in [4.78, 5) is 11.6. The van der Waals surface area contributed by atoms with Crippen LogP contribution in [0.1, 0.15) is 105 Å². The highest BCUT2D eigenvalue weighted by molar-refractivity contribution is 5.67. The summed E-state index contributed by atoms with van der Waals surface area (Å²) in [7, 11) is 0. The molecule has 0 aromatic carbocycles. The molecule has 0 heterocycles. The van der Waals surface area contributed by atoms with E-state index in [4.69, 9.17) is 0 Å². The number of hydrogen-bond acceptors (Lipinski definition) is 4. The summed E-state index contributed by atoms with van der Waals surface area (Å²) in [6, 6.07) is 0. The highest BCUT2D eigenvalue weighted by Crippen LogP contribution is 2.87. The summed E-state index contributed by atoms with van der Waals surface area (Å²) in [6.07, 6.45) is 13.0. The third-order valence-electron chi connectivity index (χ3n) is 12.4. The average molecular weight is 491 g/mol. The lowest BCUT2D eigenvalue weighted by Crippen LogP contribution is -2.57. The van der Waals surface area contributed by atoms with Crippen molar-refractivity contribution in [2.75, 3.05) is 13.2 Å². The molecule has 0 radical (unpaired) electrons. The Kier molecular flexibility index (Phi) is 7.08. The van der Waals surface area contributed by atoms with Crippen LogP contribution >= 0.6 is 0 Å². The molecule has 200 valence electrons. The van der Waals surface area contributed by atoms with Gasteiger partial charge in [0.25, 0.3) is 0 Å². The van der Waals surface area contributed by atoms with Crippen LogP contribution in [0.5, 0.6) is 0 Å². The summed E-state index contributed by atoms with van der Waals surface area (Å²) < 4.78 is 0. The molecule has 0 aliphatic heterocycles. The van der Waals surface area contributed by atoms with Gasteiger partial charge in [0.1, 0.15) is 0 Å². The van der Waals surface area contributed by atoms with Crippen LogP contribution in [0.3, 0.4) is 0 Å². The Morgan fingerprint density at radius 2 is 1.83 bits per heavy atom. The van der Waals surface area contributed by atoms with Crippen molar-refractivity contribution in [3.8, 4) is 0 Å². The highest BCUT2D eigenvalue weighted by atomic mass is 16.4. The number of aliphatic hydroxyl groups excluding tert-OH is 2. The Hall–Kier alpha value is -0.910. The molecular formula is C30H50O5. The van der Waals surface area contributed by atoms with Crippen molar-refractivity contribution < 1.29 is 25.2 Å². The van der Waals surface area contributed by atoms with Crippen LogP contribution in [0.15, 0.2) is 11.6 Å². The van der Waals surface area contributed by atoms with Crippen LogP contribution in [-0.4, -0.2) is 45.2 Å². The number of carboxylic acid groups (broad SMARTS) is 1. The number of rotatable bonds is 10. The van der Waals surface area contributed by atoms with E-state index in [2.05, 4.69) is 26.8 Å². The minimum absolute atomic E-state index is 0.0266. The van der Waals surface area contributed by atoms with Gasteiger partial charge in [-0.2, -0.15) is 0 Å². The first kappa shape index (κ1) is 27.1. The van der Waals surface area contributed by atoms with E-state index in [0.717, 1.165) is 44.1 Å². The highest BCUT2D eigenvalue weighted by Gasteiger charge is 2.81. The standard InChI is InChI=1S/C30H50O5/c1-20(17-31)7-6-8-21(2)22-11-13-27(4)23-9-10-24(28(5,35)19-32)29(14-12-25(33)34)18-30(23,29)16-15-26(22,27)3/h7,21-24,31-32,35H,6,8-19H2,1-5H3,(H,33,34). The van der Waals surface area contributed by atoms with E-state index in [-0.39, 0.29) is 47.2 Å². The number of carbonyl (C=O) groups is 1. The van der Waals surface area contributed by atoms with Gasteiger partial charge in [-0.15, -0.1) is 0 Å². The molecule has 0 bridgehead atoms. The number of carboxylic acids is 1. The molecule has 0 aromatic rings. The lowest BCUT2D eigenvalue weighted by molar-refractivity contribution is -0.159. The maximum atomic E-state index is 11.6. The third kappa shape index (κ3) is 3.94. The van der Waals surface area contributed by atoms with E-state index in [1.807, 2.05) is 6.92 Å². The van der Waals surface area contributed by atoms with E-state index < -0.39 is 11.6 Å². The molecule has 4 saturated carbocycles. The van der Waals surface area contributed by atoms with Gasteiger partial charge in [0.15, 0.2) is 0 Å². The maximum absolute atomic E-state index is 11.6. The Bertz CT molecular complexity index is 850. The molecule has 4 rings (SSSR count). The topological polar surface area (TPSA) is 98.0 Å². The fourth-order valence-corrected chi connectivity index (χ4v) is 10.4.